The molecule has 8 nitrogen and oxygen atoms in total. The number of carbonyl (C=O) groups excluding carboxylic acids is 1. The van der Waals surface area contributed by atoms with Crippen molar-refractivity contribution in [2.75, 3.05) is 13.7 Å². The zero-order valence-electron chi connectivity index (χ0n) is 19.1. The molecular weight excluding hydrogens is 478 g/mol. The van der Waals surface area contributed by atoms with E-state index < -0.39 is 4.92 Å². The van der Waals surface area contributed by atoms with Crippen molar-refractivity contribution in [1.29, 1.82) is 5.26 Å². The topological polar surface area (TPSA) is 115 Å². The van der Waals surface area contributed by atoms with Gasteiger partial charge in [0.25, 0.3) is 5.69 Å². The van der Waals surface area contributed by atoms with Gasteiger partial charge in [-0.25, -0.2) is 4.98 Å². The molecule has 0 aliphatic rings. The number of hydrogen-bond acceptors (Lipinski definition) is 8. The average molecular weight is 498 g/mol. The molecule has 178 valence electrons. The lowest BCUT2D eigenvalue weighted by Gasteiger charge is -2.11. The van der Waals surface area contributed by atoms with E-state index in [1.54, 1.807) is 66.1 Å². The van der Waals surface area contributed by atoms with Gasteiger partial charge in [0, 0.05) is 28.6 Å². The number of nitrogens with zero attached hydrogens (tertiary/aromatic N) is 3. The zero-order chi connectivity index (χ0) is 25.5. The lowest BCUT2D eigenvalue weighted by atomic mass is 10.1. The Balaban J connectivity index is 1.51. The van der Waals surface area contributed by atoms with Gasteiger partial charge in [-0.1, -0.05) is 36.4 Å². The first kappa shape index (κ1) is 24.3. The second-order valence-corrected chi connectivity index (χ2v) is 8.36. The number of methoxy groups -OCH3 is 1. The number of non-ortho nitro benzene ring substituents is 1. The quantitative estimate of drug-likeness (QED) is 0.120. The third-order valence-electron chi connectivity index (χ3n) is 5.18. The number of hydrogen-bond donors (Lipinski definition) is 0. The van der Waals surface area contributed by atoms with Crippen molar-refractivity contribution in [3.05, 3.63) is 104 Å². The molecule has 0 saturated carbocycles. The van der Waals surface area contributed by atoms with Crippen molar-refractivity contribution >= 4 is 34.5 Å². The first-order valence-corrected chi connectivity index (χ1v) is 11.6. The van der Waals surface area contributed by atoms with Crippen molar-refractivity contribution < 1.29 is 19.2 Å². The van der Waals surface area contributed by atoms with Gasteiger partial charge < -0.3 is 9.47 Å². The van der Waals surface area contributed by atoms with Crippen LogP contribution in [0.2, 0.25) is 0 Å². The van der Waals surface area contributed by atoms with Crippen LogP contribution in [0, 0.1) is 21.4 Å². The molecule has 0 amide bonds. The van der Waals surface area contributed by atoms with E-state index in [0.29, 0.717) is 44.5 Å². The molecule has 4 rings (SSSR count). The van der Waals surface area contributed by atoms with E-state index >= 15 is 0 Å². The van der Waals surface area contributed by atoms with Crippen LogP contribution >= 0.6 is 11.3 Å². The summed E-state index contributed by atoms with van der Waals surface area (Å²) in [6.07, 6.45) is 1.68. The van der Waals surface area contributed by atoms with E-state index in [0.717, 1.165) is 0 Å². The third kappa shape index (κ3) is 5.63. The van der Waals surface area contributed by atoms with Crippen molar-refractivity contribution in [3.63, 3.8) is 0 Å². The fraction of sp³-hybridized carbons (Fsp3) is 0.0741. The second kappa shape index (κ2) is 11.1. The largest absolute Gasteiger partial charge is 0.493 e. The number of nitro groups is 1. The maximum absolute atomic E-state index is 12.3. The first-order valence-electron chi connectivity index (χ1n) is 10.7. The summed E-state index contributed by atoms with van der Waals surface area (Å²) in [6.45, 7) is -0.135. The number of aromatic nitrogens is 1. The summed E-state index contributed by atoms with van der Waals surface area (Å²) >= 11 is 1.30. The Labute approximate surface area is 210 Å². The molecule has 4 aromatic rings. The van der Waals surface area contributed by atoms with E-state index in [4.69, 9.17) is 9.47 Å². The van der Waals surface area contributed by atoms with E-state index in [1.165, 1.54) is 30.6 Å². The third-order valence-corrected chi connectivity index (χ3v) is 6.06. The normalized spacial score (nSPS) is 10.9. The minimum absolute atomic E-state index is 0.00221. The van der Waals surface area contributed by atoms with Crippen molar-refractivity contribution in [2.45, 2.75) is 0 Å². The number of nitriles is 1. The minimum Gasteiger partial charge on any atom is -0.493 e. The molecule has 0 spiro atoms. The van der Waals surface area contributed by atoms with Gasteiger partial charge in [0.05, 0.1) is 23.3 Å². The molecule has 0 saturated heterocycles. The van der Waals surface area contributed by atoms with Crippen LogP contribution in [0.1, 0.15) is 20.9 Å². The van der Waals surface area contributed by atoms with Crippen LogP contribution in [0.3, 0.4) is 0 Å². The number of rotatable bonds is 9. The number of Topliss-reactive ketones (excluding diaryl/α,β-unsaturated/α-hetero) is 1. The van der Waals surface area contributed by atoms with Crippen molar-refractivity contribution in [3.8, 4) is 28.8 Å². The Bertz CT molecular complexity index is 1470. The Hall–Kier alpha value is -4.81. The molecule has 0 aliphatic carbocycles. The summed E-state index contributed by atoms with van der Waals surface area (Å²) in [5, 5.41) is 22.9. The van der Waals surface area contributed by atoms with Gasteiger partial charge in [0.1, 0.15) is 11.1 Å². The monoisotopic (exact) mass is 497 g/mol. The van der Waals surface area contributed by atoms with Crippen LogP contribution in [-0.2, 0) is 0 Å². The van der Waals surface area contributed by atoms with Gasteiger partial charge in [-0.15, -0.1) is 11.3 Å². The second-order valence-electron chi connectivity index (χ2n) is 7.50. The van der Waals surface area contributed by atoms with Crippen molar-refractivity contribution in [1.82, 2.24) is 4.98 Å². The molecule has 0 fully saturated rings. The number of ketones is 1. The molecule has 0 atom stereocenters. The molecular formula is C27H19N3O5S. The minimum atomic E-state index is -0.460. The zero-order valence-corrected chi connectivity index (χ0v) is 19.9. The van der Waals surface area contributed by atoms with Crippen LogP contribution in [0.5, 0.6) is 11.5 Å². The van der Waals surface area contributed by atoms with Crippen molar-refractivity contribution in [2.24, 2.45) is 0 Å². The van der Waals surface area contributed by atoms with Gasteiger partial charge in [-0.05, 0) is 35.9 Å². The van der Waals surface area contributed by atoms with Gasteiger partial charge >= 0.3 is 0 Å². The summed E-state index contributed by atoms with van der Waals surface area (Å²) in [5.74, 6) is 0.681. The van der Waals surface area contributed by atoms with Crippen LogP contribution in [0.15, 0.2) is 78.2 Å². The number of allylic oxidation sites excluding steroid dienone is 1. The molecule has 0 aliphatic heterocycles. The standard InChI is InChI=1S/C27H19N3O5S/c1-34-26-14-18(7-12-25(26)35-16-24(31)20-5-3-2-4-6-20)13-21(15-28)27-29-23(17-36-27)19-8-10-22(11-9-19)30(32)33/h2-14,17H,16H2,1H3. The number of benzene rings is 3. The van der Waals surface area contributed by atoms with Crippen LogP contribution < -0.4 is 9.47 Å². The maximum atomic E-state index is 12.3. The number of thiazole rings is 1. The first-order chi connectivity index (χ1) is 17.5. The Kier molecular flexibility index (Phi) is 7.48. The summed E-state index contributed by atoms with van der Waals surface area (Å²) in [4.78, 5) is 27.3. The molecule has 0 unspecified atom stereocenters. The summed E-state index contributed by atoms with van der Waals surface area (Å²) in [5.41, 5.74) is 2.94. The highest BCUT2D eigenvalue weighted by molar-refractivity contribution is 7.11. The summed E-state index contributed by atoms with van der Waals surface area (Å²) < 4.78 is 11.1. The number of ether oxygens (including phenoxy) is 2. The maximum Gasteiger partial charge on any atom is 0.269 e. The van der Waals surface area contributed by atoms with Crippen LogP contribution in [0.4, 0.5) is 5.69 Å². The van der Waals surface area contributed by atoms with Crippen LogP contribution in [0.25, 0.3) is 22.9 Å². The molecule has 1 heterocycles. The van der Waals surface area contributed by atoms with Gasteiger partial charge in [-0.2, -0.15) is 5.26 Å². The molecule has 0 N–H and O–H groups in total. The fourth-order valence-corrected chi connectivity index (χ4v) is 4.13. The molecule has 3 aromatic carbocycles. The number of carbonyl (C=O) groups is 1. The summed E-state index contributed by atoms with van der Waals surface area (Å²) in [6, 6.07) is 22.3. The predicted octanol–water partition coefficient (Wildman–Crippen LogP) is 6.05. The van der Waals surface area contributed by atoms with Gasteiger partial charge in [-0.3, -0.25) is 14.9 Å². The number of nitro benzene ring substituents is 1. The smallest absolute Gasteiger partial charge is 0.269 e. The highest BCUT2D eigenvalue weighted by Crippen LogP contribution is 2.32. The van der Waals surface area contributed by atoms with E-state index in [2.05, 4.69) is 11.1 Å². The SMILES string of the molecule is COc1cc(C=C(C#N)c2nc(-c3ccc([N+](=O)[O-])cc3)cs2)ccc1OCC(=O)c1ccccc1. The molecule has 9 heteroatoms. The Morgan fingerprint density at radius 2 is 1.86 bits per heavy atom. The van der Waals surface area contributed by atoms with Gasteiger partial charge in [0.15, 0.2) is 23.9 Å². The Morgan fingerprint density at radius 3 is 2.53 bits per heavy atom. The van der Waals surface area contributed by atoms with Crippen LogP contribution in [-0.4, -0.2) is 29.4 Å². The summed E-state index contributed by atoms with van der Waals surface area (Å²) in [7, 11) is 1.50. The highest BCUT2D eigenvalue weighted by Gasteiger charge is 2.13. The Morgan fingerprint density at radius 1 is 1.11 bits per heavy atom. The predicted molar refractivity (Wildman–Crippen MR) is 137 cm³/mol. The van der Waals surface area contributed by atoms with E-state index in [-0.39, 0.29) is 18.1 Å². The van der Waals surface area contributed by atoms with E-state index in [9.17, 15) is 20.2 Å². The molecule has 1 aromatic heterocycles. The fourth-order valence-electron chi connectivity index (χ4n) is 3.34. The molecule has 36 heavy (non-hydrogen) atoms. The lowest BCUT2D eigenvalue weighted by Crippen LogP contribution is -2.11. The lowest BCUT2D eigenvalue weighted by molar-refractivity contribution is -0.384. The average Bonchev–Trinajstić information content (AvgIpc) is 3.41. The molecule has 0 radical (unpaired) electrons. The highest BCUT2D eigenvalue weighted by atomic mass is 32.1. The van der Waals surface area contributed by atoms with Gasteiger partial charge in [0.2, 0.25) is 0 Å². The van der Waals surface area contributed by atoms with E-state index in [1.807, 2.05) is 6.07 Å². The molecule has 0 bridgehead atoms.